The maximum Gasteiger partial charge on any atom is 0.242 e. The first-order valence-electron chi connectivity index (χ1n) is 13.1. The first-order chi connectivity index (χ1) is 18.5. The minimum atomic E-state index is -3.64. The molecule has 0 radical (unpaired) electrons. The van der Waals surface area contributed by atoms with Crippen LogP contribution in [-0.2, 0) is 26.2 Å². The van der Waals surface area contributed by atoms with Crippen molar-refractivity contribution in [3.05, 3.63) is 58.1 Å². The van der Waals surface area contributed by atoms with E-state index >= 15 is 0 Å². The summed E-state index contributed by atoms with van der Waals surface area (Å²) in [5.41, 5.74) is 1.19. The molecule has 0 aliphatic heterocycles. The monoisotopic (exact) mass is 597 g/mol. The number of anilines is 1. The fourth-order valence-electron chi connectivity index (χ4n) is 4.80. The molecule has 8 nitrogen and oxygen atoms in total. The van der Waals surface area contributed by atoms with E-state index in [0.29, 0.717) is 16.5 Å². The van der Waals surface area contributed by atoms with Gasteiger partial charge >= 0.3 is 0 Å². The predicted octanol–water partition coefficient (Wildman–Crippen LogP) is 5.41. The first kappa shape index (κ1) is 31.0. The van der Waals surface area contributed by atoms with Crippen molar-refractivity contribution in [3.8, 4) is 5.75 Å². The highest BCUT2D eigenvalue weighted by Gasteiger charge is 2.28. The highest BCUT2D eigenvalue weighted by molar-refractivity contribution is 7.92. The smallest absolute Gasteiger partial charge is 0.242 e. The number of hydrogen-bond acceptors (Lipinski definition) is 5. The van der Waals surface area contributed by atoms with Gasteiger partial charge in [0.2, 0.25) is 21.8 Å². The Hall–Kier alpha value is -2.49. The van der Waals surface area contributed by atoms with Crippen molar-refractivity contribution in [1.82, 2.24) is 10.2 Å². The van der Waals surface area contributed by atoms with Crippen LogP contribution in [0.1, 0.15) is 57.4 Å². The Morgan fingerprint density at radius 2 is 1.82 bits per heavy atom. The van der Waals surface area contributed by atoms with Gasteiger partial charge in [-0.05, 0) is 62.1 Å². The molecule has 1 fully saturated rings. The summed E-state index contributed by atoms with van der Waals surface area (Å²) >= 11 is 12.4. The molecule has 39 heavy (non-hydrogen) atoms. The lowest BCUT2D eigenvalue weighted by molar-refractivity contribution is -0.141. The number of carbonyl (C=O) groups excluding carboxylic acids is 2. The van der Waals surface area contributed by atoms with Gasteiger partial charge in [0.15, 0.2) is 0 Å². The van der Waals surface area contributed by atoms with Crippen LogP contribution in [-0.4, -0.2) is 57.1 Å². The summed E-state index contributed by atoms with van der Waals surface area (Å²) < 4.78 is 31.5. The predicted molar refractivity (Wildman–Crippen MR) is 156 cm³/mol. The zero-order valence-corrected chi connectivity index (χ0v) is 25.0. The number of methoxy groups -OCH3 is 1. The molecule has 2 aromatic rings. The third-order valence-electron chi connectivity index (χ3n) is 6.94. The van der Waals surface area contributed by atoms with Gasteiger partial charge in [-0.3, -0.25) is 13.9 Å². The Balaban J connectivity index is 1.73. The number of halogens is 2. The number of nitrogens with one attached hydrogen (secondary N) is 1. The van der Waals surface area contributed by atoms with Gasteiger partial charge in [0, 0.05) is 30.6 Å². The normalized spacial score (nSPS) is 14.9. The molecule has 1 N–H and O–H groups in total. The second-order valence-corrected chi connectivity index (χ2v) is 12.7. The molecule has 11 heteroatoms. The molecule has 0 saturated heterocycles. The molecule has 1 aliphatic rings. The Morgan fingerprint density at radius 1 is 1.10 bits per heavy atom. The molecule has 2 amide bonds. The summed E-state index contributed by atoms with van der Waals surface area (Å²) in [7, 11) is -2.16. The van der Waals surface area contributed by atoms with Crippen molar-refractivity contribution in [2.75, 3.05) is 24.2 Å². The van der Waals surface area contributed by atoms with Crippen molar-refractivity contribution < 1.29 is 22.7 Å². The molecule has 0 bridgehead atoms. The Bertz CT molecular complexity index is 1250. The van der Waals surface area contributed by atoms with Gasteiger partial charge in [-0.2, -0.15) is 0 Å². The fraction of sp³-hybridized carbons (Fsp3) is 0.500. The third-order valence-corrected chi connectivity index (χ3v) is 8.66. The molecule has 1 aliphatic carbocycles. The van der Waals surface area contributed by atoms with Gasteiger partial charge in [0.05, 0.1) is 24.1 Å². The van der Waals surface area contributed by atoms with E-state index in [-0.39, 0.29) is 48.8 Å². The van der Waals surface area contributed by atoms with E-state index < -0.39 is 16.1 Å². The molecule has 1 unspecified atom stereocenters. The summed E-state index contributed by atoms with van der Waals surface area (Å²) in [6, 6.07) is 11.3. The third kappa shape index (κ3) is 9.01. The van der Waals surface area contributed by atoms with Crippen LogP contribution in [0.15, 0.2) is 42.5 Å². The summed E-state index contributed by atoms with van der Waals surface area (Å²) in [5.74, 6) is -0.00778. The summed E-state index contributed by atoms with van der Waals surface area (Å²) in [4.78, 5) is 28.2. The molecule has 2 aromatic carbocycles. The summed E-state index contributed by atoms with van der Waals surface area (Å²) in [6.07, 6.45) is 6.64. The van der Waals surface area contributed by atoms with Crippen molar-refractivity contribution in [1.29, 1.82) is 0 Å². The SMILES string of the molecule is COc1ccc(N(CCCC(=O)N(Cc2cccc(Cl)c2)C(C)C(=O)NC2CCCCC2)S(C)(=O)=O)cc1Cl. The van der Waals surface area contributed by atoms with Gasteiger partial charge < -0.3 is 15.0 Å². The van der Waals surface area contributed by atoms with Crippen LogP contribution in [0.2, 0.25) is 10.0 Å². The second kappa shape index (κ2) is 14.2. The minimum absolute atomic E-state index is 0.0531. The van der Waals surface area contributed by atoms with E-state index in [9.17, 15) is 18.0 Å². The van der Waals surface area contributed by atoms with Crippen molar-refractivity contribution in [3.63, 3.8) is 0 Å². The van der Waals surface area contributed by atoms with Crippen molar-refractivity contribution >= 4 is 50.7 Å². The van der Waals surface area contributed by atoms with Gasteiger partial charge in [-0.15, -0.1) is 0 Å². The van der Waals surface area contributed by atoms with Crippen LogP contribution in [0, 0.1) is 0 Å². The van der Waals surface area contributed by atoms with Crippen molar-refractivity contribution in [2.24, 2.45) is 0 Å². The topological polar surface area (TPSA) is 96.0 Å². The lowest BCUT2D eigenvalue weighted by atomic mass is 9.95. The molecule has 0 aromatic heterocycles. The maximum absolute atomic E-state index is 13.5. The summed E-state index contributed by atoms with van der Waals surface area (Å²) in [5, 5.41) is 3.94. The number of benzene rings is 2. The fourth-order valence-corrected chi connectivity index (χ4v) is 6.22. The lowest BCUT2D eigenvalue weighted by Crippen LogP contribution is -2.50. The average molecular weight is 599 g/mol. The highest BCUT2D eigenvalue weighted by atomic mass is 35.5. The standard InChI is InChI=1S/C28H37Cl2N3O5S/c1-20(28(35)31-23-11-5-4-6-12-23)32(19-21-9-7-10-22(29)17-21)27(34)13-8-16-33(39(3,36)37)24-14-15-26(38-2)25(30)18-24/h7,9-10,14-15,17-18,20,23H,4-6,8,11-13,16,19H2,1-3H3,(H,31,35). The van der Waals surface area contributed by atoms with Gasteiger partial charge in [-0.25, -0.2) is 8.42 Å². The van der Waals surface area contributed by atoms with Crippen LogP contribution >= 0.6 is 23.2 Å². The molecule has 0 spiro atoms. The number of amides is 2. The van der Waals surface area contributed by atoms with Gasteiger partial charge in [0.25, 0.3) is 0 Å². The zero-order chi connectivity index (χ0) is 28.6. The zero-order valence-electron chi connectivity index (χ0n) is 22.7. The Kier molecular flexibility index (Phi) is 11.3. The number of carbonyl (C=O) groups is 2. The molecule has 1 saturated carbocycles. The second-order valence-electron chi connectivity index (χ2n) is 9.93. The highest BCUT2D eigenvalue weighted by Crippen LogP contribution is 2.30. The van der Waals surface area contributed by atoms with Crippen LogP contribution in [0.4, 0.5) is 5.69 Å². The van der Waals surface area contributed by atoms with Gasteiger partial charge in [0.1, 0.15) is 11.8 Å². The Morgan fingerprint density at radius 3 is 2.44 bits per heavy atom. The molecular weight excluding hydrogens is 561 g/mol. The molecular formula is C28H37Cl2N3O5S. The number of nitrogens with zero attached hydrogens (tertiary/aromatic N) is 2. The van der Waals surface area contributed by atoms with Crippen LogP contribution in [0.5, 0.6) is 5.75 Å². The number of rotatable bonds is 12. The molecule has 0 heterocycles. The molecule has 3 rings (SSSR count). The van der Waals surface area contributed by atoms with Crippen LogP contribution < -0.4 is 14.4 Å². The van der Waals surface area contributed by atoms with Crippen LogP contribution in [0.25, 0.3) is 0 Å². The van der Waals surface area contributed by atoms with E-state index in [1.165, 1.54) is 23.9 Å². The summed E-state index contributed by atoms with van der Waals surface area (Å²) in [6.45, 7) is 2.01. The average Bonchev–Trinajstić information content (AvgIpc) is 2.89. The quantitative estimate of drug-likeness (QED) is 0.352. The van der Waals surface area contributed by atoms with Crippen LogP contribution in [0.3, 0.4) is 0 Å². The lowest BCUT2D eigenvalue weighted by Gasteiger charge is -2.31. The number of ether oxygens (including phenoxy) is 1. The molecule has 1 atom stereocenters. The van der Waals surface area contributed by atoms with Gasteiger partial charge in [-0.1, -0.05) is 54.6 Å². The Labute approximate surface area is 241 Å². The maximum atomic E-state index is 13.5. The van der Waals surface area contributed by atoms with E-state index in [4.69, 9.17) is 27.9 Å². The van der Waals surface area contributed by atoms with E-state index in [1.807, 2.05) is 6.07 Å². The number of hydrogen-bond donors (Lipinski definition) is 1. The van der Waals surface area contributed by atoms with E-state index in [2.05, 4.69) is 5.32 Å². The molecule has 214 valence electrons. The van der Waals surface area contributed by atoms with E-state index in [0.717, 1.165) is 37.5 Å². The first-order valence-corrected chi connectivity index (χ1v) is 15.8. The number of sulfonamides is 1. The van der Waals surface area contributed by atoms with E-state index in [1.54, 1.807) is 42.2 Å². The minimum Gasteiger partial charge on any atom is -0.495 e. The largest absolute Gasteiger partial charge is 0.495 e. The van der Waals surface area contributed by atoms with Crippen molar-refractivity contribution in [2.45, 2.75) is 70.5 Å².